The topological polar surface area (TPSA) is 55.1 Å². The summed E-state index contributed by atoms with van der Waals surface area (Å²) in [5.41, 5.74) is 1.54. The molecule has 0 atom stereocenters. The fraction of sp³-hybridized carbons (Fsp3) is 0.167. The van der Waals surface area contributed by atoms with E-state index >= 15 is 0 Å². The molecule has 0 saturated carbocycles. The summed E-state index contributed by atoms with van der Waals surface area (Å²) < 4.78 is 15.0. The van der Waals surface area contributed by atoms with Gasteiger partial charge < -0.3 is 5.11 Å². The lowest BCUT2D eigenvalue weighted by molar-refractivity contribution is -0.136. The van der Waals surface area contributed by atoms with Gasteiger partial charge >= 0.3 is 5.97 Å². The number of hydrogen-bond acceptors (Lipinski definition) is 2. The molecule has 88 valence electrons. The van der Waals surface area contributed by atoms with Crippen LogP contribution in [0, 0.1) is 12.7 Å². The Bertz CT molecular complexity index is 563. The fourth-order valence-corrected chi connectivity index (χ4v) is 1.65. The highest BCUT2D eigenvalue weighted by Crippen LogP contribution is 2.17. The molecule has 1 aromatic carbocycles. The highest BCUT2D eigenvalue weighted by atomic mass is 19.1. The second kappa shape index (κ2) is 4.37. The molecular formula is C12H11FN2O2. The Kier molecular flexibility index (Phi) is 2.91. The smallest absolute Gasteiger partial charge is 0.307 e. The van der Waals surface area contributed by atoms with E-state index in [1.165, 1.54) is 16.9 Å². The number of aromatic nitrogens is 2. The molecule has 0 aliphatic carbocycles. The molecule has 1 heterocycles. The molecule has 0 bridgehead atoms. The van der Waals surface area contributed by atoms with Crippen molar-refractivity contribution in [1.29, 1.82) is 0 Å². The third-order valence-electron chi connectivity index (χ3n) is 2.53. The Morgan fingerprint density at radius 1 is 1.47 bits per heavy atom. The van der Waals surface area contributed by atoms with Crippen LogP contribution >= 0.6 is 0 Å². The lowest BCUT2D eigenvalue weighted by Gasteiger charge is -2.05. The molecule has 17 heavy (non-hydrogen) atoms. The maximum absolute atomic E-state index is 13.5. The van der Waals surface area contributed by atoms with Gasteiger partial charge in [0.05, 0.1) is 12.6 Å². The molecule has 0 aliphatic heterocycles. The Balaban J connectivity index is 2.44. The van der Waals surface area contributed by atoms with Crippen LogP contribution in [0.15, 0.2) is 30.5 Å². The predicted octanol–water partition coefficient (Wildman–Crippen LogP) is 1.95. The largest absolute Gasteiger partial charge is 0.481 e. The summed E-state index contributed by atoms with van der Waals surface area (Å²) >= 11 is 0. The quantitative estimate of drug-likeness (QED) is 0.883. The first-order valence-corrected chi connectivity index (χ1v) is 5.10. The normalized spacial score (nSPS) is 10.5. The number of rotatable bonds is 3. The van der Waals surface area contributed by atoms with Crippen LogP contribution in [0.3, 0.4) is 0 Å². The number of halogens is 1. The number of aliphatic carboxylic acids is 1. The fourth-order valence-electron chi connectivity index (χ4n) is 1.65. The summed E-state index contributed by atoms with van der Waals surface area (Å²) in [5, 5.41) is 12.7. The summed E-state index contributed by atoms with van der Waals surface area (Å²) in [6.07, 6.45) is 1.34. The van der Waals surface area contributed by atoms with Crippen molar-refractivity contribution in [2.75, 3.05) is 0 Å². The van der Waals surface area contributed by atoms with E-state index in [4.69, 9.17) is 5.11 Å². The number of nitrogens with zero attached hydrogens (tertiary/aromatic N) is 2. The van der Waals surface area contributed by atoms with Crippen molar-refractivity contribution in [3.8, 4) is 5.69 Å². The van der Waals surface area contributed by atoms with Crippen LogP contribution in [-0.2, 0) is 11.2 Å². The van der Waals surface area contributed by atoms with E-state index in [2.05, 4.69) is 5.10 Å². The molecule has 4 nitrogen and oxygen atoms in total. The molecule has 0 radical (unpaired) electrons. The summed E-state index contributed by atoms with van der Waals surface area (Å²) in [4.78, 5) is 10.6. The maximum atomic E-state index is 13.5. The van der Waals surface area contributed by atoms with Gasteiger partial charge in [-0.3, -0.25) is 4.79 Å². The van der Waals surface area contributed by atoms with Crippen LogP contribution in [0.2, 0.25) is 0 Å². The van der Waals surface area contributed by atoms with Crippen molar-refractivity contribution >= 4 is 5.97 Å². The molecule has 1 aromatic heterocycles. The molecule has 0 spiro atoms. The molecule has 0 fully saturated rings. The maximum Gasteiger partial charge on any atom is 0.307 e. The molecular weight excluding hydrogens is 223 g/mol. The summed E-state index contributed by atoms with van der Waals surface area (Å²) in [5.74, 6) is -1.32. The van der Waals surface area contributed by atoms with Gasteiger partial charge in [-0.15, -0.1) is 0 Å². The number of carboxylic acids is 1. The highest BCUT2D eigenvalue weighted by molar-refractivity contribution is 5.70. The van der Waals surface area contributed by atoms with E-state index in [1.54, 1.807) is 25.1 Å². The lowest BCUT2D eigenvalue weighted by atomic mass is 10.2. The number of benzene rings is 1. The Labute approximate surface area is 97.3 Å². The molecule has 2 rings (SSSR count). The molecule has 0 aliphatic rings. The predicted molar refractivity (Wildman–Crippen MR) is 59.6 cm³/mol. The van der Waals surface area contributed by atoms with Gasteiger partial charge in [-0.2, -0.15) is 5.10 Å². The molecule has 0 amide bonds. The van der Waals surface area contributed by atoms with Gasteiger partial charge in [0, 0.05) is 11.3 Å². The SMILES string of the molecule is Cc1c(CC(=O)O)cnn1-c1ccccc1F. The molecule has 2 aromatic rings. The molecule has 1 N–H and O–H groups in total. The number of para-hydroxylation sites is 1. The van der Waals surface area contributed by atoms with Crippen LogP contribution < -0.4 is 0 Å². The first kappa shape index (κ1) is 11.3. The van der Waals surface area contributed by atoms with Crippen molar-refractivity contribution in [3.05, 3.63) is 47.5 Å². The number of carboxylic acid groups (broad SMARTS) is 1. The minimum atomic E-state index is -0.929. The third-order valence-corrected chi connectivity index (χ3v) is 2.53. The van der Waals surface area contributed by atoms with Crippen LogP contribution in [0.25, 0.3) is 5.69 Å². The van der Waals surface area contributed by atoms with Crippen molar-refractivity contribution in [3.63, 3.8) is 0 Å². The zero-order valence-corrected chi connectivity index (χ0v) is 9.22. The molecule has 5 heteroatoms. The van der Waals surface area contributed by atoms with E-state index in [9.17, 15) is 9.18 Å². The van der Waals surface area contributed by atoms with Gasteiger partial charge in [-0.1, -0.05) is 12.1 Å². The summed E-state index contributed by atoms with van der Waals surface area (Å²) in [6.45, 7) is 1.72. The van der Waals surface area contributed by atoms with E-state index in [1.807, 2.05) is 0 Å². The van der Waals surface area contributed by atoms with Gasteiger partial charge in [-0.05, 0) is 19.1 Å². The van der Waals surface area contributed by atoms with Crippen molar-refractivity contribution < 1.29 is 14.3 Å². The zero-order chi connectivity index (χ0) is 12.4. The number of carbonyl (C=O) groups is 1. The molecule has 0 saturated heterocycles. The van der Waals surface area contributed by atoms with Crippen molar-refractivity contribution in [2.45, 2.75) is 13.3 Å². The van der Waals surface area contributed by atoms with Crippen LogP contribution in [0.4, 0.5) is 4.39 Å². The first-order valence-electron chi connectivity index (χ1n) is 5.10. The van der Waals surface area contributed by atoms with Crippen molar-refractivity contribution in [1.82, 2.24) is 9.78 Å². The van der Waals surface area contributed by atoms with E-state index in [0.29, 0.717) is 16.9 Å². The average molecular weight is 234 g/mol. The standard InChI is InChI=1S/C12H11FN2O2/c1-8-9(6-12(16)17)7-14-15(8)11-5-3-2-4-10(11)13/h2-5,7H,6H2,1H3,(H,16,17). The monoisotopic (exact) mass is 234 g/mol. The van der Waals surface area contributed by atoms with Gasteiger partial charge in [-0.25, -0.2) is 9.07 Å². The summed E-state index contributed by atoms with van der Waals surface area (Å²) in [7, 11) is 0. The minimum Gasteiger partial charge on any atom is -0.481 e. The van der Waals surface area contributed by atoms with E-state index in [-0.39, 0.29) is 12.2 Å². The Morgan fingerprint density at radius 3 is 2.82 bits per heavy atom. The lowest BCUT2D eigenvalue weighted by Crippen LogP contribution is -2.04. The van der Waals surface area contributed by atoms with Crippen LogP contribution in [0.5, 0.6) is 0 Å². The second-order valence-corrected chi connectivity index (χ2v) is 3.69. The number of hydrogen-bond donors (Lipinski definition) is 1. The van der Waals surface area contributed by atoms with E-state index in [0.717, 1.165) is 0 Å². The Morgan fingerprint density at radius 2 is 2.18 bits per heavy atom. The van der Waals surface area contributed by atoms with Gasteiger partial charge in [0.2, 0.25) is 0 Å². The van der Waals surface area contributed by atoms with Gasteiger partial charge in [0.25, 0.3) is 0 Å². The third kappa shape index (κ3) is 2.18. The van der Waals surface area contributed by atoms with E-state index < -0.39 is 5.97 Å². The Hall–Kier alpha value is -2.17. The van der Waals surface area contributed by atoms with Crippen LogP contribution in [-0.4, -0.2) is 20.9 Å². The minimum absolute atomic E-state index is 0.111. The summed E-state index contributed by atoms with van der Waals surface area (Å²) in [6, 6.07) is 6.24. The van der Waals surface area contributed by atoms with Gasteiger partial charge in [0.1, 0.15) is 11.5 Å². The second-order valence-electron chi connectivity index (χ2n) is 3.69. The van der Waals surface area contributed by atoms with Gasteiger partial charge in [0.15, 0.2) is 0 Å². The zero-order valence-electron chi connectivity index (χ0n) is 9.22. The molecule has 0 unspecified atom stereocenters. The first-order chi connectivity index (χ1) is 8.09. The average Bonchev–Trinajstić information content (AvgIpc) is 2.61. The van der Waals surface area contributed by atoms with Crippen molar-refractivity contribution in [2.24, 2.45) is 0 Å². The van der Waals surface area contributed by atoms with Crippen LogP contribution in [0.1, 0.15) is 11.3 Å². The highest BCUT2D eigenvalue weighted by Gasteiger charge is 2.12.